The molecular weight excluding hydrogens is 334 g/mol. The van der Waals surface area contributed by atoms with Crippen LogP contribution in [0.15, 0.2) is 28.8 Å². The van der Waals surface area contributed by atoms with E-state index in [-0.39, 0.29) is 5.91 Å². The number of hydrogen-bond acceptors (Lipinski definition) is 7. The van der Waals surface area contributed by atoms with E-state index in [2.05, 4.69) is 25.7 Å². The largest absolute Gasteiger partial charge is 0.497 e. The van der Waals surface area contributed by atoms with E-state index in [4.69, 9.17) is 9.26 Å². The molecule has 0 atom stereocenters. The number of hydrogen-bond donors (Lipinski definition) is 2. The van der Waals surface area contributed by atoms with Crippen molar-refractivity contribution >= 4 is 5.91 Å². The van der Waals surface area contributed by atoms with Gasteiger partial charge in [0.2, 0.25) is 17.6 Å². The van der Waals surface area contributed by atoms with Crippen molar-refractivity contribution in [3.63, 3.8) is 0 Å². The monoisotopic (exact) mass is 359 g/mol. The molecule has 1 aliphatic heterocycles. The first-order valence-electron chi connectivity index (χ1n) is 8.91. The number of benzene rings is 1. The van der Waals surface area contributed by atoms with Gasteiger partial charge in [-0.15, -0.1) is 0 Å². The number of aromatic nitrogens is 2. The van der Waals surface area contributed by atoms with E-state index in [1.165, 1.54) is 0 Å². The molecule has 1 fully saturated rings. The van der Waals surface area contributed by atoms with E-state index in [0.29, 0.717) is 31.1 Å². The van der Waals surface area contributed by atoms with Crippen LogP contribution in [0.25, 0.3) is 11.4 Å². The number of carbonyl (C=O) groups is 1. The first-order valence-corrected chi connectivity index (χ1v) is 8.91. The second-order valence-corrected chi connectivity index (χ2v) is 6.18. The van der Waals surface area contributed by atoms with E-state index in [1.54, 1.807) is 7.11 Å². The summed E-state index contributed by atoms with van der Waals surface area (Å²) in [6, 6.07) is 7.43. The predicted molar refractivity (Wildman–Crippen MR) is 96.9 cm³/mol. The van der Waals surface area contributed by atoms with Crippen LogP contribution in [0.2, 0.25) is 0 Å². The summed E-state index contributed by atoms with van der Waals surface area (Å²) in [5, 5.41) is 10.2. The highest BCUT2D eigenvalue weighted by Crippen LogP contribution is 2.19. The zero-order valence-corrected chi connectivity index (χ0v) is 15.0. The van der Waals surface area contributed by atoms with Crippen molar-refractivity contribution in [2.45, 2.75) is 12.8 Å². The smallest absolute Gasteiger partial charge is 0.227 e. The minimum Gasteiger partial charge on any atom is -0.497 e. The highest BCUT2D eigenvalue weighted by atomic mass is 16.5. The third kappa shape index (κ3) is 5.27. The lowest BCUT2D eigenvalue weighted by Gasteiger charge is -2.27. The molecule has 0 saturated carbocycles. The van der Waals surface area contributed by atoms with Crippen molar-refractivity contribution in [3.05, 3.63) is 30.2 Å². The lowest BCUT2D eigenvalue weighted by molar-refractivity contribution is -0.121. The van der Waals surface area contributed by atoms with Crippen LogP contribution in [0.1, 0.15) is 12.3 Å². The summed E-state index contributed by atoms with van der Waals surface area (Å²) in [6.07, 6.45) is 0.772. The second-order valence-electron chi connectivity index (χ2n) is 6.18. The number of piperazine rings is 1. The molecule has 2 heterocycles. The van der Waals surface area contributed by atoms with Crippen molar-refractivity contribution in [2.24, 2.45) is 0 Å². The highest BCUT2D eigenvalue weighted by molar-refractivity contribution is 5.76. The van der Waals surface area contributed by atoms with Crippen molar-refractivity contribution in [1.82, 2.24) is 25.7 Å². The summed E-state index contributed by atoms with van der Waals surface area (Å²) < 4.78 is 10.4. The molecule has 0 spiro atoms. The Kier molecular flexibility index (Phi) is 6.56. The van der Waals surface area contributed by atoms with Gasteiger partial charge >= 0.3 is 0 Å². The molecule has 0 aliphatic carbocycles. The molecule has 2 N–H and O–H groups in total. The number of rotatable bonds is 8. The molecule has 1 saturated heterocycles. The lowest BCUT2D eigenvalue weighted by Crippen LogP contribution is -2.46. The maximum absolute atomic E-state index is 12.0. The van der Waals surface area contributed by atoms with E-state index in [1.807, 2.05) is 24.3 Å². The molecule has 0 bridgehead atoms. The molecule has 8 nitrogen and oxygen atoms in total. The van der Waals surface area contributed by atoms with Gasteiger partial charge in [0.1, 0.15) is 5.75 Å². The molecule has 0 radical (unpaired) electrons. The first-order chi connectivity index (χ1) is 12.7. The van der Waals surface area contributed by atoms with Gasteiger partial charge in [-0.3, -0.25) is 9.69 Å². The van der Waals surface area contributed by atoms with Gasteiger partial charge in [-0.05, 0) is 24.3 Å². The summed E-state index contributed by atoms with van der Waals surface area (Å²) in [5.41, 5.74) is 0.848. The Morgan fingerprint density at radius 2 is 2.08 bits per heavy atom. The van der Waals surface area contributed by atoms with Gasteiger partial charge in [-0.2, -0.15) is 4.98 Å². The molecule has 26 heavy (non-hydrogen) atoms. The summed E-state index contributed by atoms with van der Waals surface area (Å²) in [6.45, 7) is 5.65. The lowest BCUT2D eigenvalue weighted by atomic mass is 10.2. The third-order valence-corrected chi connectivity index (χ3v) is 4.34. The maximum atomic E-state index is 12.0. The Morgan fingerprint density at radius 3 is 2.81 bits per heavy atom. The van der Waals surface area contributed by atoms with Crippen LogP contribution in [-0.4, -0.2) is 67.3 Å². The Hall–Kier alpha value is -2.45. The Bertz CT molecular complexity index is 695. The highest BCUT2D eigenvalue weighted by Gasteiger charge is 2.12. The van der Waals surface area contributed by atoms with Crippen molar-refractivity contribution < 1.29 is 14.1 Å². The van der Waals surface area contributed by atoms with Crippen molar-refractivity contribution in [3.8, 4) is 17.1 Å². The van der Waals surface area contributed by atoms with Gasteiger partial charge in [-0.1, -0.05) is 5.16 Å². The topological polar surface area (TPSA) is 92.5 Å². The average Bonchev–Trinajstić information content (AvgIpc) is 3.16. The minimum absolute atomic E-state index is 0.00401. The number of methoxy groups -OCH3 is 1. The van der Waals surface area contributed by atoms with Crippen LogP contribution in [0.5, 0.6) is 5.75 Å². The first kappa shape index (κ1) is 18.3. The van der Waals surface area contributed by atoms with Crippen LogP contribution in [-0.2, 0) is 11.2 Å². The van der Waals surface area contributed by atoms with E-state index in [0.717, 1.165) is 44.0 Å². The summed E-state index contributed by atoms with van der Waals surface area (Å²) in [4.78, 5) is 18.7. The number of amides is 1. The van der Waals surface area contributed by atoms with Gasteiger partial charge in [0.05, 0.1) is 7.11 Å². The van der Waals surface area contributed by atoms with E-state index >= 15 is 0 Å². The van der Waals surface area contributed by atoms with Gasteiger partial charge in [0.15, 0.2) is 0 Å². The molecule has 2 aromatic rings. The van der Waals surface area contributed by atoms with Gasteiger partial charge < -0.3 is 19.9 Å². The number of ether oxygens (including phenoxy) is 1. The number of aryl methyl sites for hydroxylation is 1. The second kappa shape index (κ2) is 9.30. The standard InChI is InChI=1S/C18H25N5O3/c1-25-15-4-2-14(3-5-15)18-21-17(26-22-18)7-6-16(24)20-10-13-23-11-8-19-9-12-23/h2-5,19H,6-13H2,1H3,(H,20,24). The molecule has 1 amide bonds. The van der Waals surface area contributed by atoms with Gasteiger partial charge in [0, 0.05) is 57.7 Å². The van der Waals surface area contributed by atoms with Crippen LogP contribution in [0.4, 0.5) is 0 Å². The SMILES string of the molecule is COc1ccc(-c2noc(CCC(=O)NCCN3CCNCC3)n2)cc1. The number of nitrogens with zero attached hydrogens (tertiary/aromatic N) is 3. The zero-order valence-electron chi connectivity index (χ0n) is 15.0. The van der Waals surface area contributed by atoms with Crippen LogP contribution in [0.3, 0.4) is 0 Å². The molecule has 3 rings (SSSR count). The maximum Gasteiger partial charge on any atom is 0.227 e. The molecule has 0 unspecified atom stereocenters. The Labute approximate surface area is 152 Å². The van der Waals surface area contributed by atoms with E-state index in [9.17, 15) is 4.79 Å². The fourth-order valence-electron chi connectivity index (χ4n) is 2.81. The van der Waals surface area contributed by atoms with Crippen LogP contribution in [0, 0.1) is 0 Å². The molecule has 1 aliphatic rings. The van der Waals surface area contributed by atoms with Crippen molar-refractivity contribution in [1.29, 1.82) is 0 Å². The average molecular weight is 359 g/mol. The van der Waals surface area contributed by atoms with Crippen molar-refractivity contribution in [2.75, 3.05) is 46.4 Å². The fourth-order valence-corrected chi connectivity index (χ4v) is 2.81. The van der Waals surface area contributed by atoms with Gasteiger partial charge in [-0.25, -0.2) is 0 Å². The molecule has 1 aromatic carbocycles. The molecule has 140 valence electrons. The number of carbonyl (C=O) groups excluding carboxylic acids is 1. The predicted octanol–water partition coefficient (Wildman–Crippen LogP) is 0.699. The van der Waals surface area contributed by atoms with E-state index < -0.39 is 0 Å². The Morgan fingerprint density at radius 1 is 1.31 bits per heavy atom. The third-order valence-electron chi connectivity index (χ3n) is 4.34. The van der Waals surface area contributed by atoms with Gasteiger partial charge in [0.25, 0.3) is 0 Å². The molecular formula is C18H25N5O3. The fraction of sp³-hybridized carbons (Fsp3) is 0.500. The summed E-state index contributed by atoms with van der Waals surface area (Å²) in [7, 11) is 1.62. The quantitative estimate of drug-likeness (QED) is 0.717. The number of nitrogens with one attached hydrogen (secondary N) is 2. The summed E-state index contributed by atoms with van der Waals surface area (Å²) in [5.74, 6) is 1.76. The normalized spacial score (nSPS) is 15.0. The zero-order chi connectivity index (χ0) is 18.2. The Balaban J connectivity index is 1.40. The summed E-state index contributed by atoms with van der Waals surface area (Å²) >= 11 is 0. The minimum atomic E-state index is 0.00401. The molecule has 8 heteroatoms. The van der Waals surface area contributed by atoms with Crippen LogP contribution < -0.4 is 15.4 Å². The molecule has 1 aromatic heterocycles. The van der Waals surface area contributed by atoms with Crippen LogP contribution >= 0.6 is 0 Å².